The molecule has 1 heteroatoms. The highest BCUT2D eigenvalue weighted by molar-refractivity contribution is 5.03. The van der Waals surface area contributed by atoms with Crippen molar-refractivity contribution >= 4 is 0 Å². The van der Waals surface area contributed by atoms with Crippen LogP contribution in [0.1, 0.15) is 33.1 Å². The van der Waals surface area contributed by atoms with Gasteiger partial charge < -0.3 is 0 Å². The van der Waals surface area contributed by atoms with Crippen molar-refractivity contribution < 1.29 is 4.48 Å². The van der Waals surface area contributed by atoms with E-state index in [0.29, 0.717) is 0 Å². The molecular formula is C12H22N+. The second-order valence-electron chi connectivity index (χ2n) is 3.97. The number of hydrogen-bond donors (Lipinski definition) is 0. The van der Waals surface area contributed by atoms with Crippen LogP contribution < -0.4 is 0 Å². The van der Waals surface area contributed by atoms with Gasteiger partial charge in [-0.05, 0) is 25.0 Å². The van der Waals surface area contributed by atoms with E-state index in [-0.39, 0.29) is 0 Å². The number of rotatable bonds is 5. The summed E-state index contributed by atoms with van der Waals surface area (Å²) in [5, 5.41) is 0. The summed E-state index contributed by atoms with van der Waals surface area (Å²) < 4.78 is 1.18. The summed E-state index contributed by atoms with van der Waals surface area (Å²) in [4.78, 5) is 0. The molecule has 1 nitrogen and oxygen atoms in total. The lowest BCUT2D eigenvalue weighted by Gasteiger charge is -2.35. The smallest absolute Gasteiger partial charge is 0.102 e. The lowest BCUT2D eigenvalue weighted by atomic mass is 10.2. The molecule has 1 aliphatic heterocycles. The van der Waals surface area contributed by atoms with Gasteiger partial charge in [-0.3, -0.25) is 4.48 Å². The first kappa shape index (κ1) is 10.5. The Bertz CT molecular complexity index is 193. The lowest BCUT2D eigenvalue weighted by molar-refractivity contribution is -0.874. The second-order valence-corrected chi connectivity index (χ2v) is 3.97. The molecule has 0 aromatic rings. The van der Waals surface area contributed by atoms with E-state index in [1.54, 1.807) is 0 Å². The maximum absolute atomic E-state index is 2.37. The molecule has 0 saturated carbocycles. The van der Waals surface area contributed by atoms with Crippen molar-refractivity contribution in [2.24, 2.45) is 0 Å². The minimum absolute atomic E-state index is 1.18. The van der Waals surface area contributed by atoms with Gasteiger partial charge >= 0.3 is 0 Å². The van der Waals surface area contributed by atoms with Crippen LogP contribution in [-0.4, -0.2) is 24.1 Å². The third-order valence-electron chi connectivity index (χ3n) is 2.74. The Labute approximate surface area is 82.3 Å². The van der Waals surface area contributed by atoms with E-state index in [1.165, 1.54) is 43.4 Å². The maximum atomic E-state index is 2.37. The van der Waals surface area contributed by atoms with Gasteiger partial charge in [-0.2, -0.15) is 0 Å². The van der Waals surface area contributed by atoms with E-state index >= 15 is 0 Å². The van der Waals surface area contributed by atoms with Crippen LogP contribution in [0.5, 0.6) is 0 Å². The highest BCUT2D eigenvalue weighted by Crippen LogP contribution is 2.15. The monoisotopic (exact) mass is 180 g/mol. The van der Waals surface area contributed by atoms with Gasteiger partial charge in [0.15, 0.2) is 0 Å². The van der Waals surface area contributed by atoms with E-state index in [1.807, 2.05) is 0 Å². The molecule has 0 spiro atoms. The van der Waals surface area contributed by atoms with E-state index in [2.05, 4.69) is 38.3 Å². The Hall–Kier alpha value is -0.560. The van der Waals surface area contributed by atoms with Gasteiger partial charge in [0.25, 0.3) is 0 Å². The molecule has 0 aliphatic carbocycles. The molecule has 1 heterocycles. The summed E-state index contributed by atoms with van der Waals surface area (Å²) in [6.45, 7) is 8.35. The Morgan fingerprint density at radius 2 is 1.92 bits per heavy atom. The fourth-order valence-corrected chi connectivity index (χ4v) is 2.00. The van der Waals surface area contributed by atoms with Gasteiger partial charge in [0.05, 0.1) is 19.3 Å². The molecule has 13 heavy (non-hydrogen) atoms. The molecule has 0 saturated heterocycles. The van der Waals surface area contributed by atoms with Crippen LogP contribution in [0.25, 0.3) is 0 Å². The minimum Gasteiger partial charge on any atom is -0.294 e. The first-order valence-corrected chi connectivity index (χ1v) is 5.53. The SMILES string of the molecule is CCCC[N+]1(CCC)C=CC=CC1. The minimum atomic E-state index is 1.18. The summed E-state index contributed by atoms with van der Waals surface area (Å²) in [5.41, 5.74) is 0. The van der Waals surface area contributed by atoms with Gasteiger partial charge in [0.1, 0.15) is 6.54 Å². The zero-order valence-corrected chi connectivity index (χ0v) is 9.00. The fraction of sp³-hybridized carbons (Fsp3) is 0.667. The van der Waals surface area contributed by atoms with Crippen molar-refractivity contribution in [3.05, 3.63) is 24.4 Å². The van der Waals surface area contributed by atoms with Crippen LogP contribution >= 0.6 is 0 Å². The average molecular weight is 180 g/mol. The van der Waals surface area contributed by atoms with Crippen molar-refractivity contribution in [1.82, 2.24) is 0 Å². The third-order valence-corrected chi connectivity index (χ3v) is 2.74. The van der Waals surface area contributed by atoms with Crippen molar-refractivity contribution in [3.8, 4) is 0 Å². The Balaban J connectivity index is 2.53. The van der Waals surface area contributed by atoms with Crippen LogP contribution in [0.2, 0.25) is 0 Å². The third kappa shape index (κ3) is 3.00. The average Bonchev–Trinajstić information content (AvgIpc) is 2.17. The molecule has 1 aliphatic rings. The quantitative estimate of drug-likeness (QED) is 0.570. The van der Waals surface area contributed by atoms with Gasteiger partial charge in [0, 0.05) is 0 Å². The van der Waals surface area contributed by atoms with Crippen LogP contribution in [0.3, 0.4) is 0 Å². The van der Waals surface area contributed by atoms with E-state index in [4.69, 9.17) is 0 Å². The molecule has 0 aromatic heterocycles. The molecule has 0 N–H and O–H groups in total. The zero-order chi connectivity index (χ0) is 9.57. The molecule has 0 radical (unpaired) electrons. The summed E-state index contributed by atoms with van der Waals surface area (Å²) >= 11 is 0. The topological polar surface area (TPSA) is 0 Å². The zero-order valence-electron chi connectivity index (χ0n) is 9.00. The van der Waals surface area contributed by atoms with E-state index in [0.717, 1.165) is 0 Å². The van der Waals surface area contributed by atoms with Crippen LogP contribution in [0.4, 0.5) is 0 Å². The number of hydrogen-bond acceptors (Lipinski definition) is 0. The number of allylic oxidation sites excluding steroid dienone is 2. The van der Waals surface area contributed by atoms with Crippen LogP contribution in [-0.2, 0) is 0 Å². The van der Waals surface area contributed by atoms with Gasteiger partial charge in [-0.25, -0.2) is 0 Å². The van der Waals surface area contributed by atoms with Crippen LogP contribution in [0, 0.1) is 0 Å². The molecule has 0 bridgehead atoms. The van der Waals surface area contributed by atoms with Gasteiger partial charge in [-0.15, -0.1) is 0 Å². The Morgan fingerprint density at radius 1 is 1.08 bits per heavy atom. The Kier molecular flexibility index (Phi) is 4.23. The lowest BCUT2D eigenvalue weighted by Crippen LogP contribution is -2.45. The standard InChI is InChI=1S/C12H22N/c1-3-5-10-13(9-4-2)11-7-6-8-12-13/h6-8,11H,3-5,9-10,12H2,1-2H3/q+1. The van der Waals surface area contributed by atoms with Crippen molar-refractivity contribution in [3.63, 3.8) is 0 Å². The van der Waals surface area contributed by atoms with Gasteiger partial charge in [0.2, 0.25) is 0 Å². The highest BCUT2D eigenvalue weighted by Gasteiger charge is 2.22. The molecule has 1 unspecified atom stereocenters. The van der Waals surface area contributed by atoms with Crippen molar-refractivity contribution in [2.75, 3.05) is 19.6 Å². The molecule has 0 aromatic carbocycles. The van der Waals surface area contributed by atoms with Crippen LogP contribution in [0.15, 0.2) is 24.4 Å². The predicted octanol–water partition coefficient (Wildman–Crippen LogP) is 3.10. The first-order valence-electron chi connectivity index (χ1n) is 5.53. The largest absolute Gasteiger partial charge is 0.294 e. The molecule has 0 amide bonds. The van der Waals surface area contributed by atoms with Crippen molar-refractivity contribution in [2.45, 2.75) is 33.1 Å². The first-order chi connectivity index (χ1) is 6.33. The predicted molar refractivity (Wildman–Crippen MR) is 58.3 cm³/mol. The van der Waals surface area contributed by atoms with Gasteiger partial charge in [-0.1, -0.05) is 26.3 Å². The summed E-state index contributed by atoms with van der Waals surface area (Å²) in [6.07, 6.45) is 13.0. The normalized spacial score (nSPS) is 26.6. The van der Waals surface area contributed by atoms with E-state index < -0.39 is 0 Å². The molecule has 1 rings (SSSR count). The molecular weight excluding hydrogens is 158 g/mol. The number of nitrogens with zero attached hydrogens (tertiary/aromatic N) is 1. The maximum Gasteiger partial charge on any atom is 0.102 e. The van der Waals surface area contributed by atoms with E-state index in [9.17, 15) is 0 Å². The molecule has 1 atom stereocenters. The number of unbranched alkanes of at least 4 members (excludes halogenated alkanes) is 1. The number of quaternary nitrogens is 1. The van der Waals surface area contributed by atoms with Crippen molar-refractivity contribution in [1.29, 1.82) is 0 Å². The summed E-state index contributed by atoms with van der Waals surface area (Å²) in [6, 6.07) is 0. The molecule has 0 fully saturated rings. The fourth-order valence-electron chi connectivity index (χ4n) is 2.00. The molecule has 74 valence electrons. The highest BCUT2D eigenvalue weighted by atomic mass is 15.3. The summed E-state index contributed by atoms with van der Waals surface area (Å²) in [5.74, 6) is 0. The summed E-state index contributed by atoms with van der Waals surface area (Å²) in [7, 11) is 0. The Morgan fingerprint density at radius 3 is 2.46 bits per heavy atom. The second kappa shape index (κ2) is 5.23.